The van der Waals surface area contributed by atoms with Gasteiger partial charge in [-0.05, 0) is 42.7 Å². The molecule has 2 atom stereocenters. The van der Waals surface area contributed by atoms with E-state index in [9.17, 15) is 4.79 Å². The minimum Gasteiger partial charge on any atom is -0.382 e. The zero-order chi connectivity index (χ0) is 25.2. The quantitative estimate of drug-likeness (QED) is 0.484. The van der Waals surface area contributed by atoms with Crippen molar-refractivity contribution in [3.63, 3.8) is 0 Å². The van der Waals surface area contributed by atoms with E-state index in [0.29, 0.717) is 18.2 Å². The summed E-state index contributed by atoms with van der Waals surface area (Å²) in [6.45, 7) is 6.64. The van der Waals surface area contributed by atoms with Gasteiger partial charge >= 0.3 is 0 Å². The van der Waals surface area contributed by atoms with Crippen LogP contribution >= 0.6 is 11.3 Å². The predicted octanol–water partition coefficient (Wildman–Crippen LogP) is 3.01. The average molecular weight is 505 g/mol. The van der Waals surface area contributed by atoms with Gasteiger partial charge in [-0.3, -0.25) is 4.79 Å². The standard InChI is InChI=1S/C26H32N8OS/c1-14-12-34(13-18-19(14)31-25(29)36-18)24(35)20-22(28)32-23(15(2)30-20)33-9-7-26(8-10-33)11-16-5-3-4-6-17(16)21(26)27/h3-6,14,21H,7-13,27H2,1-2H3,(H2,28,32)(H2,29,31). The van der Waals surface area contributed by atoms with Crippen LogP contribution in [0.5, 0.6) is 0 Å². The first-order chi connectivity index (χ1) is 17.3. The van der Waals surface area contributed by atoms with Gasteiger partial charge in [0.05, 0.1) is 17.9 Å². The van der Waals surface area contributed by atoms with E-state index in [1.165, 1.54) is 22.5 Å². The number of aryl methyl sites for hydroxylation is 1. The third-order valence-electron chi connectivity index (χ3n) is 8.25. The summed E-state index contributed by atoms with van der Waals surface area (Å²) in [5.41, 5.74) is 23.6. The molecule has 2 aromatic heterocycles. The van der Waals surface area contributed by atoms with Crippen molar-refractivity contribution in [3.8, 4) is 0 Å². The number of nitrogens with two attached hydrogens (primary N) is 3. The van der Waals surface area contributed by atoms with E-state index in [2.05, 4.69) is 51.0 Å². The number of hydrogen-bond acceptors (Lipinski definition) is 9. The summed E-state index contributed by atoms with van der Waals surface area (Å²) in [4.78, 5) is 32.2. The van der Waals surface area contributed by atoms with Crippen molar-refractivity contribution in [1.29, 1.82) is 0 Å². The minimum absolute atomic E-state index is 0.0643. The number of piperidine rings is 1. The molecule has 36 heavy (non-hydrogen) atoms. The fraction of sp³-hybridized carbons (Fsp3) is 0.462. The maximum Gasteiger partial charge on any atom is 0.276 e. The molecule has 9 nitrogen and oxygen atoms in total. The Hall–Kier alpha value is -3.24. The molecular formula is C26H32N8OS. The number of hydrogen-bond donors (Lipinski definition) is 3. The van der Waals surface area contributed by atoms with Crippen LogP contribution in [0.15, 0.2) is 24.3 Å². The molecule has 1 aromatic carbocycles. The highest BCUT2D eigenvalue weighted by atomic mass is 32.1. The zero-order valence-corrected chi connectivity index (χ0v) is 21.5. The van der Waals surface area contributed by atoms with Crippen LogP contribution < -0.4 is 22.1 Å². The topological polar surface area (TPSA) is 140 Å². The summed E-state index contributed by atoms with van der Waals surface area (Å²) in [5, 5.41) is 0.534. The third-order valence-corrected chi connectivity index (χ3v) is 9.14. The first-order valence-corrected chi connectivity index (χ1v) is 13.3. The molecule has 0 radical (unpaired) electrons. The molecule has 4 heterocycles. The summed E-state index contributed by atoms with van der Waals surface area (Å²) in [7, 11) is 0. The lowest BCUT2D eigenvalue weighted by atomic mass is 9.73. The van der Waals surface area contributed by atoms with Crippen LogP contribution in [0.25, 0.3) is 0 Å². The van der Waals surface area contributed by atoms with Crippen LogP contribution in [0.4, 0.5) is 16.8 Å². The molecule has 6 N–H and O–H groups in total. The smallest absolute Gasteiger partial charge is 0.276 e. The molecule has 0 saturated carbocycles. The second-order valence-electron chi connectivity index (χ2n) is 10.5. The molecular weight excluding hydrogens is 472 g/mol. The van der Waals surface area contributed by atoms with Gasteiger partial charge in [0.15, 0.2) is 22.5 Å². The summed E-state index contributed by atoms with van der Waals surface area (Å²) < 4.78 is 0. The van der Waals surface area contributed by atoms with Gasteiger partial charge in [0.1, 0.15) is 0 Å². The Morgan fingerprint density at radius 2 is 1.89 bits per heavy atom. The number of fused-ring (bicyclic) bond motifs is 2. The van der Waals surface area contributed by atoms with E-state index in [1.54, 1.807) is 4.90 Å². The van der Waals surface area contributed by atoms with Crippen molar-refractivity contribution in [2.75, 3.05) is 36.0 Å². The summed E-state index contributed by atoms with van der Waals surface area (Å²) >= 11 is 1.43. The molecule has 2 aliphatic heterocycles. The molecule has 6 rings (SSSR count). The minimum atomic E-state index is -0.202. The Morgan fingerprint density at radius 3 is 2.64 bits per heavy atom. The molecule has 0 bridgehead atoms. The Morgan fingerprint density at radius 1 is 1.14 bits per heavy atom. The summed E-state index contributed by atoms with van der Waals surface area (Å²) in [5.74, 6) is 0.835. The van der Waals surface area contributed by atoms with Crippen molar-refractivity contribution in [2.45, 2.75) is 51.6 Å². The number of nitrogen functional groups attached to an aromatic ring is 2. The summed E-state index contributed by atoms with van der Waals surface area (Å²) in [6, 6.07) is 8.61. The Labute approximate surface area is 214 Å². The van der Waals surface area contributed by atoms with Gasteiger partial charge in [-0.1, -0.05) is 31.2 Å². The highest BCUT2D eigenvalue weighted by Gasteiger charge is 2.46. The zero-order valence-electron chi connectivity index (χ0n) is 20.7. The van der Waals surface area contributed by atoms with Gasteiger partial charge < -0.3 is 27.0 Å². The molecule has 3 aliphatic rings. The van der Waals surface area contributed by atoms with Gasteiger partial charge in [-0.25, -0.2) is 15.0 Å². The van der Waals surface area contributed by atoms with Crippen molar-refractivity contribution < 1.29 is 4.79 Å². The van der Waals surface area contributed by atoms with Crippen LogP contribution in [-0.4, -0.2) is 45.4 Å². The number of nitrogens with zero attached hydrogens (tertiary/aromatic N) is 5. The molecule has 1 amide bonds. The third kappa shape index (κ3) is 3.62. The first-order valence-electron chi connectivity index (χ1n) is 12.5. The van der Waals surface area contributed by atoms with Crippen molar-refractivity contribution in [3.05, 3.63) is 57.4 Å². The highest BCUT2D eigenvalue weighted by Crippen LogP contribution is 2.51. The Bertz CT molecular complexity index is 1350. The van der Waals surface area contributed by atoms with Crippen LogP contribution in [0.2, 0.25) is 0 Å². The van der Waals surface area contributed by atoms with E-state index in [1.807, 2.05) is 6.92 Å². The maximum absolute atomic E-state index is 13.4. The lowest BCUT2D eigenvalue weighted by Crippen LogP contribution is -2.45. The van der Waals surface area contributed by atoms with Gasteiger partial charge in [-0.2, -0.15) is 0 Å². The van der Waals surface area contributed by atoms with Gasteiger partial charge in [0.2, 0.25) is 0 Å². The molecule has 1 saturated heterocycles. The molecule has 10 heteroatoms. The lowest BCUT2D eigenvalue weighted by molar-refractivity contribution is 0.0717. The number of amides is 1. The second-order valence-corrected chi connectivity index (χ2v) is 11.6. The number of anilines is 3. The number of rotatable bonds is 2. The second kappa shape index (κ2) is 8.41. The lowest BCUT2D eigenvalue weighted by Gasteiger charge is -2.43. The summed E-state index contributed by atoms with van der Waals surface area (Å²) in [6.07, 6.45) is 2.99. The van der Waals surface area contributed by atoms with E-state index >= 15 is 0 Å². The SMILES string of the molecule is Cc1nc(C(=O)N2Cc3sc(N)nc3C(C)C2)c(N)nc1N1CCC2(CC1)Cc1ccccc1C2N. The van der Waals surface area contributed by atoms with Gasteiger partial charge in [0, 0.05) is 36.5 Å². The number of carbonyl (C=O) groups excluding carboxylic acids is 1. The van der Waals surface area contributed by atoms with E-state index in [4.69, 9.17) is 17.2 Å². The monoisotopic (exact) mass is 504 g/mol. The van der Waals surface area contributed by atoms with Crippen molar-refractivity contribution >= 4 is 34.0 Å². The Kier molecular flexibility index (Phi) is 5.42. The maximum atomic E-state index is 13.4. The van der Waals surface area contributed by atoms with Crippen LogP contribution in [-0.2, 0) is 13.0 Å². The predicted molar refractivity (Wildman–Crippen MR) is 142 cm³/mol. The average Bonchev–Trinajstić information content (AvgIpc) is 3.38. The van der Waals surface area contributed by atoms with E-state index in [-0.39, 0.29) is 34.8 Å². The molecule has 1 spiro atoms. The van der Waals surface area contributed by atoms with Crippen LogP contribution in [0.1, 0.15) is 69.6 Å². The van der Waals surface area contributed by atoms with Crippen molar-refractivity contribution in [1.82, 2.24) is 19.9 Å². The highest BCUT2D eigenvalue weighted by molar-refractivity contribution is 7.15. The number of benzene rings is 1. The van der Waals surface area contributed by atoms with Gasteiger partial charge in [0.25, 0.3) is 5.91 Å². The largest absolute Gasteiger partial charge is 0.382 e. The number of carbonyl (C=O) groups is 1. The molecule has 1 fully saturated rings. The van der Waals surface area contributed by atoms with E-state index in [0.717, 1.165) is 54.4 Å². The number of aromatic nitrogens is 3. The van der Waals surface area contributed by atoms with E-state index < -0.39 is 0 Å². The van der Waals surface area contributed by atoms with Crippen LogP contribution in [0, 0.1) is 12.3 Å². The molecule has 1 aliphatic carbocycles. The normalized spacial score (nSPS) is 22.5. The molecule has 188 valence electrons. The fourth-order valence-electron chi connectivity index (χ4n) is 6.29. The van der Waals surface area contributed by atoms with Crippen molar-refractivity contribution in [2.24, 2.45) is 11.1 Å². The molecule has 3 aromatic rings. The van der Waals surface area contributed by atoms with Crippen LogP contribution in [0.3, 0.4) is 0 Å². The fourth-order valence-corrected chi connectivity index (χ4v) is 7.26. The first kappa shape index (κ1) is 23.2. The number of thiazole rings is 1. The molecule has 2 unspecified atom stereocenters. The van der Waals surface area contributed by atoms with Gasteiger partial charge in [-0.15, -0.1) is 11.3 Å². The Balaban J connectivity index is 1.19.